The molecule has 4 nitrogen and oxygen atoms in total. The lowest BCUT2D eigenvalue weighted by Gasteiger charge is -2.31. The Hall–Kier alpha value is -1.91. The average Bonchev–Trinajstić information content (AvgIpc) is 2.61. The predicted molar refractivity (Wildman–Crippen MR) is 89.4 cm³/mol. The first-order chi connectivity index (χ1) is 11.3. The van der Waals surface area contributed by atoms with Crippen molar-refractivity contribution < 1.29 is 9.53 Å². The summed E-state index contributed by atoms with van der Waals surface area (Å²) in [7, 11) is 0. The third kappa shape index (κ3) is 3.89. The number of aromatic nitrogens is 1. The highest BCUT2D eigenvalue weighted by molar-refractivity contribution is 6.33. The Labute approximate surface area is 140 Å². The summed E-state index contributed by atoms with van der Waals surface area (Å²) in [6, 6.07) is 10.9. The second-order valence-electron chi connectivity index (χ2n) is 5.67. The standard InChI is InChI=1S/C18H19ClN2O2/c19-16-6-2-1-5-15(16)18(22)21-17(13-7-10-23-11-8-13)14-4-3-9-20-12-14/h1-6,9,12-13,17H,7-8,10-11H2,(H,21,22). The molecule has 2 heterocycles. The lowest BCUT2D eigenvalue weighted by molar-refractivity contribution is 0.0513. The quantitative estimate of drug-likeness (QED) is 0.931. The third-order valence-corrected chi connectivity index (χ3v) is 4.52. The maximum Gasteiger partial charge on any atom is 0.253 e. The topological polar surface area (TPSA) is 51.2 Å². The van der Waals surface area contributed by atoms with Crippen molar-refractivity contribution in [1.82, 2.24) is 10.3 Å². The fraction of sp³-hybridized carbons (Fsp3) is 0.333. The van der Waals surface area contributed by atoms with Gasteiger partial charge < -0.3 is 10.1 Å². The number of benzene rings is 1. The molecule has 0 saturated carbocycles. The van der Waals surface area contributed by atoms with Gasteiger partial charge in [0, 0.05) is 25.6 Å². The van der Waals surface area contributed by atoms with Crippen LogP contribution in [0, 0.1) is 5.92 Å². The molecule has 1 saturated heterocycles. The van der Waals surface area contributed by atoms with Gasteiger partial charge in [0.15, 0.2) is 0 Å². The number of ether oxygens (including phenoxy) is 1. The van der Waals surface area contributed by atoms with Gasteiger partial charge in [0.25, 0.3) is 5.91 Å². The minimum absolute atomic E-state index is 0.0867. The number of hydrogen-bond donors (Lipinski definition) is 1. The Bertz CT molecular complexity index is 657. The van der Waals surface area contributed by atoms with Gasteiger partial charge in [0.2, 0.25) is 0 Å². The van der Waals surface area contributed by atoms with E-state index >= 15 is 0 Å². The maximum atomic E-state index is 12.6. The number of carbonyl (C=O) groups is 1. The number of rotatable bonds is 4. The van der Waals surface area contributed by atoms with Crippen LogP contribution in [0.4, 0.5) is 0 Å². The van der Waals surface area contributed by atoms with Crippen molar-refractivity contribution in [3.63, 3.8) is 0 Å². The van der Waals surface area contributed by atoms with Crippen molar-refractivity contribution in [2.24, 2.45) is 5.92 Å². The van der Waals surface area contributed by atoms with E-state index in [1.165, 1.54) is 0 Å². The zero-order valence-electron chi connectivity index (χ0n) is 12.7. The molecule has 1 aromatic carbocycles. The maximum absolute atomic E-state index is 12.6. The predicted octanol–water partition coefficient (Wildman–Crippen LogP) is 3.63. The highest BCUT2D eigenvalue weighted by Gasteiger charge is 2.27. The van der Waals surface area contributed by atoms with Gasteiger partial charge in [0.1, 0.15) is 0 Å². The molecule has 1 N–H and O–H groups in total. The molecule has 0 radical (unpaired) electrons. The van der Waals surface area contributed by atoms with Crippen LogP contribution in [0.1, 0.15) is 34.8 Å². The Kier molecular flexibility index (Phi) is 5.26. The van der Waals surface area contributed by atoms with Gasteiger partial charge in [-0.25, -0.2) is 0 Å². The number of carbonyl (C=O) groups excluding carboxylic acids is 1. The molecule has 3 rings (SSSR count). The summed E-state index contributed by atoms with van der Waals surface area (Å²) in [5.41, 5.74) is 1.51. The van der Waals surface area contributed by atoms with E-state index in [0.29, 0.717) is 16.5 Å². The third-order valence-electron chi connectivity index (χ3n) is 4.19. The summed E-state index contributed by atoms with van der Waals surface area (Å²) in [5.74, 6) is 0.176. The van der Waals surface area contributed by atoms with Crippen LogP contribution < -0.4 is 5.32 Å². The Morgan fingerprint density at radius 2 is 2.00 bits per heavy atom. The van der Waals surface area contributed by atoms with E-state index in [1.807, 2.05) is 30.5 Å². The van der Waals surface area contributed by atoms with Crippen LogP contribution in [0.15, 0.2) is 48.8 Å². The van der Waals surface area contributed by atoms with E-state index < -0.39 is 0 Å². The zero-order chi connectivity index (χ0) is 16.1. The van der Waals surface area contributed by atoms with Crippen LogP contribution in [0.25, 0.3) is 0 Å². The molecule has 1 aliphatic rings. The van der Waals surface area contributed by atoms with Crippen LogP contribution in [0.2, 0.25) is 5.02 Å². The molecule has 1 fully saturated rings. The molecule has 1 amide bonds. The summed E-state index contributed by atoms with van der Waals surface area (Å²) in [6.45, 7) is 1.45. The first-order valence-electron chi connectivity index (χ1n) is 7.79. The van der Waals surface area contributed by atoms with Crippen LogP contribution in [0.5, 0.6) is 0 Å². The van der Waals surface area contributed by atoms with Crippen LogP contribution in [0.3, 0.4) is 0 Å². The normalized spacial score (nSPS) is 16.7. The van der Waals surface area contributed by atoms with Gasteiger partial charge in [-0.15, -0.1) is 0 Å². The second-order valence-corrected chi connectivity index (χ2v) is 6.07. The van der Waals surface area contributed by atoms with Crippen molar-refractivity contribution in [2.45, 2.75) is 18.9 Å². The first kappa shape index (κ1) is 16.0. The second kappa shape index (κ2) is 7.57. The van der Waals surface area contributed by atoms with Crippen molar-refractivity contribution in [3.05, 3.63) is 64.9 Å². The molecule has 1 unspecified atom stereocenters. The molecule has 5 heteroatoms. The van der Waals surface area contributed by atoms with Crippen molar-refractivity contribution in [1.29, 1.82) is 0 Å². The number of nitrogens with zero attached hydrogens (tertiary/aromatic N) is 1. The first-order valence-corrected chi connectivity index (χ1v) is 8.16. The average molecular weight is 331 g/mol. The molecule has 2 aromatic rings. The molecule has 0 bridgehead atoms. The highest BCUT2D eigenvalue weighted by atomic mass is 35.5. The Morgan fingerprint density at radius 3 is 2.70 bits per heavy atom. The van der Waals surface area contributed by atoms with E-state index in [9.17, 15) is 4.79 Å². The van der Waals surface area contributed by atoms with E-state index in [-0.39, 0.29) is 11.9 Å². The largest absolute Gasteiger partial charge is 0.381 e. The molecule has 0 aliphatic carbocycles. The summed E-state index contributed by atoms with van der Waals surface area (Å²) >= 11 is 6.14. The van der Waals surface area contributed by atoms with Gasteiger partial charge in [0.05, 0.1) is 16.6 Å². The van der Waals surface area contributed by atoms with Gasteiger partial charge in [-0.3, -0.25) is 9.78 Å². The number of nitrogens with one attached hydrogen (secondary N) is 1. The van der Waals surface area contributed by atoms with E-state index in [1.54, 1.807) is 18.3 Å². The summed E-state index contributed by atoms with van der Waals surface area (Å²) < 4.78 is 5.45. The molecule has 23 heavy (non-hydrogen) atoms. The van der Waals surface area contributed by atoms with Crippen LogP contribution >= 0.6 is 11.6 Å². The number of amides is 1. The molecule has 1 aromatic heterocycles. The highest BCUT2D eigenvalue weighted by Crippen LogP contribution is 2.30. The number of hydrogen-bond acceptors (Lipinski definition) is 3. The van der Waals surface area contributed by atoms with Crippen molar-refractivity contribution in [2.75, 3.05) is 13.2 Å². The van der Waals surface area contributed by atoms with Gasteiger partial charge in [-0.2, -0.15) is 0 Å². The number of halogens is 1. The minimum atomic E-state index is -0.157. The summed E-state index contributed by atoms with van der Waals surface area (Å²) in [6.07, 6.45) is 5.39. The molecule has 0 spiro atoms. The fourth-order valence-corrected chi connectivity index (χ4v) is 3.17. The van der Waals surface area contributed by atoms with Crippen molar-refractivity contribution >= 4 is 17.5 Å². The minimum Gasteiger partial charge on any atom is -0.381 e. The lowest BCUT2D eigenvalue weighted by atomic mass is 9.87. The van der Waals surface area contributed by atoms with E-state index in [4.69, 9.17) is 16.3 Å². The van der Waals surface area contributed by atoms with Crippen molar-refractivity contribution in [3.8, 4) is 0 Å². The smallest absolute Gasteiger partial charge is 0.253 e. The monoisotopic (exact) mass is 330 g/mol. The van der Waals surface area contributed by atoms with Gasteiger partial charge in [-0.1, -0.05) is 29.8 Å². The molecule has 1 aliphatic heterocycles. The fourth-order valence-electron chi connectivity index (χ4n) is 2.95. The summed E-state index contributed by atoms with van der Waals surface area (Å²) in [4.78, 5) is 16.8. The van der Waals surface area contributed by atoms with Gasteiger partial charge >= 0.3 is 0 Å². The SMILES string of the molecule is O=C(NC(c1cccnc1)C1CCOCC1)c1ccccc1Cl. The van der Waals surface area contributed by atoms with E-state index in [2.05, 4.69) is 10.3 Å². The number of pyridine rings is 1. The Morgan fingerprint density at radius 1 is 1.22 bits per heavy atom. The molecule has 1 atom stereocenters. The van der Waals surface area contributed by atoms with Crippen LogP contribution in [-0.2, 0) is 4.74 Å². The van der Waals surface area contributed by atoms with Gasteiger partial charge in [-0.05, 0) is 42.5 Å². The zero-order valence-corrected chi connectivity index (χ0v) is 13.5. The Balaban J connectivity index is 1.84. The molecular formula is C18H19ClN2O2. The lowest BCUT2D eigenvalue weighted by Crippen LogP contribution is -2.36. The summed E-state index contributed by atoms with van der Waals surface area (Å²) in [5, 5.41) is 3.60. The van der Waals surface area contributed by atoms with Crippen LogP contribution in [-0.4, -0.2) is 24.1 Å². The van der Waals surface area contributed by atoms with E-state index in [0.717, 1.165) is 31.6 Å². The molecule has 120 valence electrons. The molecular weight excluding hydrogens is 312 g/mol.